The van der Waals surface area contributed by atoms with Crippen LogP contribution in [0.15, 0.2) is 85.9 Å². The van der Waals surface area contributed by atoms with Crippen molar-refractivity contribution in [2.24, 2.45) is 0 Å². The number of alkyl halides is 3. The van der Waals surface area contributed by atoms with Gasteiger partial charge in [-0.25, -0.2) is 0 Å². The fraction of sp³-hybridized carbons (Fsp3) is 0.407. The van der Waals surface area contributed by atoms with Gasteiger partial charge in [0.2, 0.25) is 0 Å². The Morgan fingerprint density at radius 2 is 1.74 bits per heavy atom. The maximum absolute atomic E-state index is 12.9. The molecule has 5 nitrogen and oxygen atoms in total. The van der Waals surface area contributed by atoms with Crippen LogP contribution in [0.2, 0.25) is 0 Å². The van der Waals surface area contributed by atoms with Crippen LogP contribution in [-0.4, -0.2) is 67.3 Å². The molecule has 1 aromatic rings. The summed E-state index contributed by atoms with van der Waals surface area (Å²) in [5, 5.41) is 11.3. The normalized spacial score (nSPS) is 17.2. The molecule has 2 saturated heterocycles. The van der Waals surface area contributed by atoms with E-state index in [4.69, 9.17) is 5.11 Å². The van der Waals surface area contributed by atoms with Crippen molar-refractivity contribution in [3.05, 3.63) is 91.5 Å². The van der Waals surface area contributed by atoms with Gasteiger partial charge >= 0.3 is 6.18 Å². The quantitative estimate of drug-likeness (QED) is 0.488. The van der Waals surface area contributed by atoms with Crippen molar-refractivity contribution in [1.29, 1.82) is 0 Å². The van der Waals surface area contributed by atoms with Gasteiger partial charge in [0.1, 0.15) is 0 Å². The summed E-state index contributed by atoms with van der Waals surface area (Å²) in [6.07, 6.45) is 6.63. The van der Waals surface area contributed by atoms with Crippen molar-refractivity contribution in [2.45, 2.75) is 19.0 Å². The summed E-state index contributed by atoms with van der Waals surface area (Å²) in [4.78, 5) is 6.71. The largest absolute Gasteiger partial charge is 0.416 e. The SMILES string of the molecule is C=C(CN1CCCC1)N1CCN(c2cccc(C(F)(F)F)c2)CC1.C=C/C=C(\C=C/CO)NC=C. The highest BCUT2D eigenvalue weighted by molar-refractivity contribution is 5.49. The lowest BCUT2D eigenvalue weighted by Crippen LogP contribution is -2.47. The summed E-state index contributed by atoms with van der Waals surface area (Å²) in [6.45, 7) is 17.5. The Kier molecular flexibility index (Phi) is 11.7. The number of aliphatic hydroxyl groups excluding tert-OH is 1. The van der Waals surface area contributed by atoms with Gasteiger partial charge in [0.25, 0.3) is 0 Å². The third-order valence-corrected chi connectivity index (χ3v) is 5.84. The van der Waals surface area contributed by atoms with E-state index in [1.54, 1.807) is 36.6 Å². The molecule has 2 aliphatic rings. The summed E-state index contributed by atoms with van der Waals surface area (Å²) < 4.78 is 38.6. The number of anilines is 1. The number of nitrogens with one attached hydrogen (secondary N) is 1. The highest BCUT2D eigenvalue weighted by Gasteiger charge is 2.31. The molecule has 0 spiro atoms. The number of hydrogen-bond acceptors (Lipinski definition) is 5. The van der Waals surface area contributed by atoms with E-state index in [1.807, 2.05) is 4.90 Å². The zero-order chi connectivity index (χ0) is 25.7. The van der Waals surface area contributed by atoms with Crippen LogP contribution in [0.1, 0.15) is 18.4 Å². The van der Waals surface area contributed by atoms with Gasteiger partial charge in [-0.3, -0.25) is 4.90 Å². The minimum absolute atomic E-state index is 0.0350. The second-order valence-electron chi connectivity index (χ2n) is 8.36. The number of nitrogens with zero attached hydrogens (tertiary/aromatic N) is 3. The van der Waals surface area contributed by atoms with Crippen LogP contribution in [0, 0.1) is 0 Å². The van der Waals surface area contributed by atoms with Gasteiger partial charge in [-0.15, -0.1) is 0 Å². The van der Waals surface area contributed by atoms with Crippen LogP contribution in [0.25, 0.3) is 0 Å². The number of benzene rings is 1. The van der Waals surface area contributed by atoms with Gasteiger partial charge < -0.3 is 20.2 Å². The molecule has 2 N–H and O–H groups in total. The van der Waals surface area contributed by atoms with Crippen LogP contribution in [0.4, 0.5) is 18.9 Å². The fourth-order valence-electron chi connectivity index (χ4n) is 4.03. The predicted octanol–water partition coefficient (Wildman–Crippen LogP) is 4.77. The first kappa shape index (κ1) is 28.3. The molecule has 2 heterocycles. The Bertz CT molecular complexity index is 881. The second-order valence-corrected chi connectivity index (χ2v) is 8.36. The molecule has 0 aliphatic carbocycles. The molecule has 35 heavy (non-hydrogen) atoms. The number of halogens is 3. The standard InChI is InChI=1S/C18H24F3N3.C9H13NO/c1-15(14-22-7-2-3-8-22)23-9-11-24(12-10-23)17-6-4-5-16(13-17)18(19,20)21;1-3-6-9(10-4-2)7-5-8-11/h4-6,13H,1-3,7-12,14H2;3-7,10-11H,1-2,8H2/b;7-5-,9-6+. The average Bonchev–Trinajstić information content (AvgIpc) is 3.36. The number of aliphatic hydroxyl groups is 1. The van der Waals surface area contributed by atoms with Crippen molar-refractivity contribution >= 4 is 5.69 Å². The maximum atomic E-state index is 12.9. The van der Waals surface area contributed by atoms with E-state index < -0.39 is 11.7 Å². The van der Waals surface area contributed by atoms with E-state index in [-0.39, 0.29) is 6.61 Å². The first-order valence-electron chi connectivity index (χ1n) is 11.8. The summed E-state index contributed by atoms with van der Waals surface area (Å²) in [5.41, 5.74) is 2.04. The second kappa shape index (κ2) is 14.4. The molecule has 0 bridgehead atoms. The number of allylic oxidation sites excluding steroid dienone is 3. The number of hydrogen-bond donors (Lipinski definition) is 2. The Hall–Kier alpha value is -2.97. The molecular weight excluding hydrogens is 453 g/mol. The minimum Gasteiger partial charge on any atom is -0.392 e. The van der Waals surface area contributed by atoms with Crippen LogP contribution in [-0.2, 0) is 6.18 Å². The Labute approximate surface area is 207 Å². The number of likely N-dealkylation sites (tertiary alicyclic amines) is 1. The Morgan fingerprint density at radius 1 is 1.06 bits per heavy atom. The maximum Gasteiger partial charge on any atom is 0.416 e. The summed E-state index contributed by atoms with van der Waals surface area (Å²) in [6, 6.07) is 5.60. The van der Waals surface area contributed by atoms with Crippen molar-refractivity contribution in [1.82, 2.24) is 15.1 Å². The topological polar surface area (TPSA) is 42.0 Å². The van der Waals surface area contributed by atoms with Crippen molar-refractivity contribution < 1.29 is 18.3 Å². The van der Waals surface area contributed by atoms with Crippen LogP contribution in [0.5, 0.6) is 0 Å². The molecule has 0 aromatic heterocycles. The van der Waals surface area contributed by atoms with Crippen LogP contribution in [0.3, 0.4) is 0 Å². The molecule has 0 amide bonds. The van der Waals surface area contributed by atoms with E-state index in [1.165, 1.54) is 25.0 Å². The molecule has 8 heteroatoms. The molecular formula is C27H37F3N4O. The van der Waals surface area contributed by atoms with Gasteiger partial charge in [0.15, 0.2) is 0 Å². The molecule has 1 aromatic carbocycles. The average molecular weight is 491 g/mol. The van der Waals surface area contributed by atoms with Crippen molar-refractivity contribution in [3.8, 4) is 0 Å². The van der Waals surface area contributed by atoms with E-state index in [0.29, 0.717) is 5.69 Å². The van der Waals surface area contributed by atoms with E-state index in [0.717, 1.165) is 63.3 Å². The third kappa shape index (κ3) is 9.66. The van der Waals surface area contributed by atoms with Crippen LogP contribution < -0.4 is 10.2 Å². The van der Waals surface area contributed by atoms with Gasteiger partial charge in [-0.2, -0.15) is 13.2 Å². The van der Waals surface area contributed by atoms with E-state index in [2.05, 4.69) is 34.9 Å². The Balaban J connectivity index is 0.000000334. The summed E-state index contributed by atoms with van der Waals surface area (Å²) >= 11 is 0. The molecule has 2 aliphatic heterocycles. The molecule has 0 saturated carbocycles. The summed E-state index contributed by atoms with van der Waals surface area (Å²) in [7, 11) is 0. The summed E-state index contributed by atoms with van der Waals surface area (Å²) in [5.74, 6) is 0. The van der Waals surface area contributed by atoms with Crippen molar-refractivity contribution in [3.63, 3.8) is 0 Å². The fourth-order valence-corrected chi connectivity index (χ4v) is 4.03. The zero-order valence-electron chi connectivity index (χ0n) is 20.3. The van der Waals surface area contributed by atoms with Gasteiger partial charge in [-0.05, 0) is 62.5 Å². The van der Waals surface area contributed by atoms with Gasteiger partial charge in [-0.1, -0.05) is 38.0 Å². The molecule has 0 radical (unpaired) electrons. The Morgan fingerprint density at radius 3 is 2.31 bits per heavy atom. The lowest BCUT2D eigenvalue weighted by atomic mass is 10.1. The van der Waals surface area contributed by atoms with Crippen LogP contribution >= 0.6 is 0 Å². The first-order valence-corrected chi connectivity index (χ1v) is 11.8. The van der Waals surface area contributed by atoms with E-state index in [9.17, 15) is 13.2 Å². The van der Waals surface area contributed by atoms with Gasteiger partial charge in [0.05, 0.1) is 12.2 Å². The monoisotopic (exact) mass is 490 g/mol. The highest BCUT2D eigenvalue weighted by atomic mass is 19.4. The molecule has 0 unspecified atom stereocenters. The third-order valence-electron chi connectivity index (χ3n) is 5.84. The van der Waals surface area contributed by atoms with Crippen molar-refractivity contribution in [2.75, 3.05) is 57.3 Å². The molecule has 0 atom stereocenters. The molecule has 192 valence electrons. The zero-order valence-corrected chi connectivity index (χ0v) is 20.3. The number of rotatable bonds is 9. The van der Waals surface area contributed by atoms with E-state index >= 15 is 0 Å². The lowest BCUT2D eigenvalue weighted by molar-refractivity contribution is -0.137. The minimum atomic E-state index is -4.29. The predicted molar refractivity (Wildman–Crippen MR) is 138 cm³/mol. The highest BCUT2D eigenvalue weighted by Crippen LogP contribution is 2.32. The molecule has 3 rings (SSSR count). The lowest BCUT2D eigenvalue weighted by Gasteiger charge is -2.39. The van der Waals surface area contributed by atoms with Gasteiger partial charge in [0, 0.05) is 49.8 Å². The number of piperazine rings is 1. The smallest absolute Gasteiger partial charge is 0.392 e. The molecule has 2 fully saturated rings. The first-order chi connectivity index (χ1) is 16.8.